The largest absolute Gasteiger partial charge is 0.482 e. The number of ether oxygens (including phenoxy) is 2. The van der Waals surface area contributed by atoms with Crippen molar-refractivity contribution in [3.63, 3.8) is 0 Å². The summed E-state index contributed by atoms with van der Waals surface area (Å²) in [6.45, 7) is -0.331. The zero-order chi connectivity index (χ0) is 12.2. The third kappa shape index (κ3) is 3.45. The summed E-state index contributed by atoms with van der Waals surface area (Å²) in [6.07, 6.45) is -4.37. The molecule has 0 N–H and O–H groups in total. The predicted octanol–water partition coefficient (Wildman–Crippen LogP) is 2.26. The van der Waals surface area contributed by atoms with Crippen molar-refractivity contribution in [2.24, 2.45) is 0 Å². The minimum Gasteiger partial charge on any atom is -0.482 e. The number of hydrogen-bond donors (Lipinski definition) is 0. The fourth-order valence-corrected chi connectivity index (χ4v) is 0.941. The van der Waals surface area contributed by atoms with Crippen LogP contribution in [0.4, 0.5) is 13.2 Å². The Bertz CT molecular complexity index is 357. The van der Waals surface area contributed by atoms with Gasteiger partial charge in [0.15, 0.2) is 6.61 Å². The maximum Gasteiger partial charge on any atom is 0.416 e. The first kappa shape index (κ1) is 12.4. The fourth-order valence-electron chi connectivity index (χ4n) is 0.941. The van der Waals surface area contributed by atoms with Crippen molar-refractivity contribution < 1.29 is 27.4 Å². The summed E-state index contributed by atoms with van der Waals surface area (Å²) >= 11 is 0. The van der Waals surface area contributed by atoms with Crippen LogP contribution in [0.3, 0.4) is 0 Å². The van der Waals surface area contributed by atoms with Gasteiger partial charge in [0.2, 0.25) is 0 Å². The van der Waals surface area contributed by atoms with Crippen LogP contribution in [0, 0.1) is 0 Å². The van der Waals surface area contributed by atoms with Crippen molar-refractivity contribution >= 4 is 5.97 Å². The molecule has 0 fully saturated rings. The van der Waals surface area contributed by atoms with Gasteiger partial charge in [-0.3, -0.25) is 0 Å². The molecule has 1 aromatic rings. The van der Waals surface area contributed by atoms with E-state index in [4.69, 9.17) is 4.74 Å². The van der Waals surface area contributed by atoms with Crippen molar-refractivity contribution in [1.29, 1.82) is 0 Å². The molecule has 0 aliphatic rings. The number of methoxy groups -OCH3 is 1. The Balaban J connectivity index is 2.62. The molecule has 0 amide bonds. The summed E-state index contributed by atoms with van der Waals surface area (Å²) in [4.78, 5) is 10.7. The lowest BCUT2D eigenvalue weighted by Gasteiger charge is -2.08. The van der Waals surface area contributed by atoms with Crippen LogP contribution in [0.2, 0.25) is 0 Å². The van der Waals surface area contributed by atoms with Crippen molar-refractivity contribution in [2.75, 3.05) is 13.7 Å². The molecule has 16 heavy (non-hydrogen) atoms. The predicted molar refractivity (Wildman–Crippen MR) is 49.0 cm³/mol. The van der Waals surface area contributed by atoms with Crippen molar-refractivity contribution in [3.05, 3.63) is 29.8 Å². The first-order chi connectivity index (χ1) is 7.43. The number of benzene rings is 1. The maximum absolute atomic E-state index is 12.2. The van der Waals surface area contributed by atoms with Crippen molar-refractivity contribution in [1.82, 2.24) is 0 Å². The van der Waals surface area contributed by atoms with E-state index in [-0.39, 0.29) is 12.4 Å². The van der Waals surface area contributed by atoms with Gasteiger partial charge in [0.05, 0.1) is 12.7 Å². The average molecular weight is 234 g/mol. The minimum absolute atomic E-state index is 0.179. The van der Waals surface area contributed by atoms with Gasteiger partial charge >= 0.3 is 12.1 Å². The van der Waals surface area contributed by atoms with E-state index in [9.17, 15) is 18.0 Å². The van der Waals surface area contributed by atoms with Gasteiger partial charge in [-0.25, -0.2) is 4.79 Å². The second-order valence-corrected chi connectivity index (χ2v) is 2.89. The molecule has 0 bridgehead atoms. The first-order valence-corrected chi connectivity index (χ1v) is 4.30. The summed E-state index contributed by atoms with van der Waals surface area (Å²) < 4.78 is 45.7. The Morgan fingerprint density at radius 1 is 1.25 bits per heavy atom. The molecular formula is C10H9F3O3. The van der Waals surface area contributed by atoms with Gasteiger partial charge in [0, 0.05) is 0 Å². The molecule has 0 spiro atoms. The lowest BCUT2D eigenvalue weighted by molar-refractivity contribution is -0.143. The first-order valence-electron chi connectivity index (χ1n) is 4.30. The fraction of sp³-hybridized carbons (Fsp3) is 0.300. The molecule has 0 aliphatic heterocycles. The van der Waals surface area contributed by atoms with Crippen LogP contribution in [0.1, 0.15) is 5.56 Å². The van der Waals surface area contributed by atoms with E-state index in [0.29, 0.717) is 0 Å². The van der Waals surface area contributed by atoms with Gasteiger partial charge in [-0.15, -0.1) is 0 Å². The lowest BCUT2D eigenvalue weighted by atomic mass is 10.2. The number of alkyl halides is 3. The highest BCUT2D eigenvalue weighted by Crippen LogP contribution is 2.30. The minimum atomic E-state index is -4.37. The number of hydrogen-bond acceptors (Lipinski definition) is 3. The molecule has 0 atom stereocenters. The van der Waals surface area contributed by atoms with Gasteiger partial charge in [0.1, 0.15) is 5.75 Å². The molecule has 0 aliphatic carbocycles. The summed E-state index contributed by atoms with van der Waals surface area (Å²) in [6, 6.07) is 4.05. The van der Waals surface area contributed by atoms with E-state index in [1.165, 1.54) is 7.11 Å². The van der Waals surface area contributed by atoms with Crippen LogP contribution in [0.15, 0.2) is 24.3 Å². The maximum atomic E-state index is 12.2. The number of rotatable bonds is 3. The molecule has 0 saturated carbocycles. The Labute approximate surface area is 89.8 Å². The lowest BCUT2D eigenvalue weighted by Crippen LogP contribution is -2.12. The van der Waals surface area contributed by atoms with E-state index in [1.54, 1.807) is 0 Å². The van der Waals surface area contributed by atoms with Crippen molar-refractivity contribution in [3.8, 4) is 5.75 Å². The normalized spacial score (nSPS) is 11.0. The van der Waals surface area contributed by atoms with Gasteiger partial charge in [0.25, 0.3) is 0 Å². The highest BCUT2D eigenvalue weighted by Gasteiger charge is 2.29. The monoisotopic (exact) mass is 234 g/mol. The van der Waals surface area contributed by atoms with E-state index in [0.717, 1.165) is 24.3 Å². The Hall–Kier alpha value is -1.72. The molecule has 0 unspecified atom stereocenters. The van der Waals surface area contributed by atoms with E-state index in [2.05, 4.69) is 4.74 Å². The van der Waals surface area contributed by atoms with Crippen LogP contribution in [-0.4, -0.2) is 19.7 Å². The van der Waals surface area contributed by atoms with Gasteiger partial charge in [-0.1, -0.05) is 0 Å². The molecule has 0 saturated heterocycles. The third-order valence-corrected chi connectivity index (χ3v) is 1.77. The molecule has 0 heterocycles. The molecule has 6 heteroatoms. The average Bonchev–Trinajstić information content (AvgIpc) is 2.25. The van der Waals surface area contributed by atoms with Crippen LogP contribution >= 0.6 is 0 Å². The Morgan fingerprint density at radius 3 is 2.25 bits per heavy atom. The topological polar surface area (TPSA) is 35.5 Å². The quantitative estimate of drug-likeness (QED) is 0.752. The summed E-state index contributed by atoms with van der Waals surface area (Å²) in [5, 5.41) is 0. The summed E-state index contributed by atoms with van der Waals surface area (Å²) in [5.41, 5.74) is -0.766. The molecule has 1 aromatic carbocycles. The van der Waals surface area contributed by atoms with Crippen LogP contribution in [0.5, 0.6) is 5.75 Å². The van der Waals surface area contributed by atoms with E-state index in [1.807, 2.05) is 0 Å². The summed E-state index contributed by atoms with van der Waals surface area (Å²) in [5.74, 6) is -0.418. The standard InChI is InChI=1S/C10H9F3O3/c1-15-9(14)6-16-8-4-2-7(3-5-8)10(11,12)13/h2-5H,6H2,1H3. The van der Waals surface area contributed by atoms with Gasteiger partial charge < -0.3 is 9.47 Å². The number of carbonyl (C=O) groups is 1. The highest BCUT2D eigenvalue weighted by atomic mass is 19.4. The van der Waals surface area contributed by atoms with Gasteiger partial charge in [-0.05, 0) is 24.3 Å². The molecule has 0 aromatic heterocycles. The Kier molecular flexibility index (Phi) is 3.76. The second-order valence-electron chi connectivity index (χ2n) is 2.89. The molecule has 0 radical (unpaired) electrons. The molecule has 88 valence electrons. The van der Waals surface area contributed by atoms with Crippen molar-refractivity contribution in [2.45, 2.75) is 6.18 Å². The zero-order valence-corrected chi connectivity index (χ0v) is 8.38. The van der Waals surface area contributed by atoms with Gasteiger partial charge in [-0.2, -0.15) is 13.2 Å². The van der Waals surface area contributed by atoms with Crippen LogP contribution < -0.4 is 4.74 Å². The van der Waals surface area contributed by atoms with Crippen LogP contribution in [-0.2, 0) is 15.7 Å². The summed E-state index contributed by atoms with van der Waals surface area (Å²) in [7, 11) is 1.19. The number of esters is 1. The van der Waals surface area contributed by atoms with E-state index >= 15 is 0 Å². The number of carbonyl (C=O) groups excluding carboxylic acids is 1. The zero-order valence-electron chi connectivity index (χ0n) is 8.38. The highest BCUT2D eigenvalue weighted by molar-refractivity contribution is 5.70. The number of halogens is 3. The molecular weight excluding hydrogens is 225 g/mol. The second kappa shape index (κ2) is 4.87. The van der Waals surface area contributed by atoms with Crippen LogP contribution in [0.25, 0.3) is 0 Å². The molecule has 3 nitrogen and oxygen atoms in total. The third-order valence-electron chi connectivity index (χ3n) is 1.77. The molecule has 1 rings (SSSR count). The Morgan fingerprint density at radius 2 is 1.81 bits per heavy atom. The SMILES string of the molecule is COC(=O)COc1ccc(C(F)(F)F)cc1. The smallest absolute Gasteiger partial charge is 0.416 e. The van der Waals surface area contributed by atoms with E-state index < -0.39 is 17.7 Å².